The Morgan fingerprint density at radius 1 is 1.17 bits per heavy atom. The fourth-order valence-corrected chi connectivity index (χ4v) is 11.1. The van der Waals surface area contributed by atoms with Crippen LogP contribution in [-0.2, 0) is 33.0 Å². The van der Waals surface area contributed by atoms with Crippen LogP contribution in [0, 0.1) is 16.0 Å². The van der Waals surface area contributed by atoms with Crippen molar-refractivity contribution >= 4 is 37.2 Å². The smallest absolute Gasteiger partial charge is 0.269 e. The summed E-state index contributed by atoms with van der Waals surface area (Å²) < 4.78 is 8.57. The predicted molar refractivity (Wildman–Crippen MR) is 200 cm³/mol. The van der Waals surface area contributed by atoms with E-state index in [2.05, 4.69) is 20.9 Å². The zero-order valence-corrected chi connectivity index (χ0v) is 31.0. The third-order valence-corrected chi connectivity index (χ3v) is 13.6. The van der Waals surface area contributed by atoms with Crippen molar-refractivity contribution in [3.8, 4) is 0 Å². The van der Waals surface area contributed by atoms with E-state index in [4.69, 9.17) is 4.74 Å². The molecule has 0 aliphatic carbocycles. The summed E-state index contributed by atoms with van der Waals surface area (Å²) in [5.41, 5.74) is 1.81. The molecule has 0 bridgehead atoms. The second-order valence-corrected chi connectivity index (χ2v) is 18.9. The normalized spacial score (nSPS) is 24.5. The van der Waals surface area contributed by atoms with Gasteiger partial charge < -0.3 is 30.2 Å². The summed E-state index contributed by atoms with van der Waals surface area (Å²) >= 11 is 0. The number of hydrogen-bond acceptors (Lipinski definition) is 10. The molecule has 1 unspecified atom stereocenters. The van der Waals surface area contributed by atoms with E-state index in [-0.39, 0.29) is 42.6 Å². The highest BCUT2D eigenvalue weighted by Crippen LogP contribution is 2.60. The molecule has 53 heavy (non-hydrogen) atoms. The molecular weight excluding hydrogens is 695 g/mol. The van der Waals surface area contributed by atoms with Crippen LogP contribution in [0.25, 0.3) is 0 Å². The number of amides is 2. The Kier molecular flexibility index (Phi) is 10.0. The number of hydrogen-bond donors (Lipinski definition) is 4. The minimum atomic E-state index is -3.00. The van der Waals surface area contributed by atoms with Crippen LogP contribution in [0.4, 0.5) is 17.1 Å². The van der Waals surface area contributed by atoms with Gasteiger partial charge in [0.05, 0.1) is 47.5 Å². The number of nitro benzene ring substituents is 1. The van der Waals surface area contributed by atoms with E-state index < -0.39 is 36.4 Å². The van der Waals surface area contributed by atoms with Gasteiger partial charge in [-0.05, 0) is 68.2 Å². The van der Waals surface area contributed by atoms with Crippen LogP contribution in [0.5, 0.6) is 0 Å². The number of fused-ring (bicyclic) bond motifs is 2. The van der Waals surface area contributed by atoms with Gasteiger partial charge in [-0.3, -0.25) is 24.4 Å². The summed E-state index contributed by atoms with van der Waals surface area (Å²) in [6.07, 6.45) is 3.37. The van der Waals surface area contributed by atoms with Gasteiger partial charge >= 0.3 is 0 Å². The average molecular weight is 740 g/mol. The quantitative estimate of drug-likeness (QED) is 0.0921. The summed E-state index contributed by atoms with van der Waals surface area (Å²) in [6, 6.07) is 21.1. The second-order valence-electron chi connectivity index (χ2n) is 14.9. The van der Waals surface area contributed by atoms with Crippen LogP contribution in [0.1, 0.15) is 54.5 Å². The van der Waals surface area contributed by atoms with Crippen LogP contribution in [0.15, 0.2) is 79.0 Å². The number of anilines is 2. The number of carbonyl (C=O) groups is 2. The van der Waals surface area contributed by atoms with Crippen molar-refractivity contribution < 1.29 is 29.2 Å². The summed E-state index contributed by atoms with van der Waals surface area (Å²) in [4.78, 5) is 52.3. The Morgan fingerprint density at radius 2 is 1.92 bits per heavy atom. The van der Waals surface area contributed by atoms with E-state index in [1.165, 1.54) is 12.1 Å². The Morgan fingerprint density at radius 3 is 2.58 bits per heavy atom. The fourth-order valence-electron chi connectivity index (χ4n) is 8.52. The SMILES string of the molecule is C[C@H]1[C@H]([Si](C)(C)O)[C@@H](CCn2cc(C(CO)c3ccccc3)nn2)O[C@]12C(=O)N(Cc1ccc(NC(=O)[C@H]3CCCN3)cc1)c1ccc([N+](=O)[O-])cc12. The van der Waals surface area contributed by atoms with Crippen LogP contribution >= 0.6 is 0 Å². The van der Waals surface area contributed by atoms with Crippen molar-refractivity contribution in [2.24, 2.45) is 5.92 Å². The molecule has 3 aliphatic heterocycles. The highest BCUT2D eigenvalue weighted by Gasteiger charge is 2.66. The first kappa shape index (κ1) is 36.6. The van der Waals surface area contributed by atoms with Gasteiger partial charge in [-0.15, -0.1) is 5.10 Å². The molecule has 14 nitrogen and oxygen atoms in total. The zero-order chi connectivity index (χ0) is 37.5. The molecule has 0 saturated carbocycles. The first-order chi connectivity index (χ1) is 25.4. The first-order valence-electron chi connectivity index (χ1n) is 18.1. The van der Waals surface area contributed by atoms with E-state index in [0.29, 0.717) is 35.6 Å². The molecule has 6 atom stereocenters. The Bertz CT molecular complexity index is 1980. The Hall–Kier alpha value is -4.80. The largest absolute Gasteiger partial charge is 0.432 e. The van der Waals surface area contributed by atoms with Crippen molar-refractivity contribution in [2.75, 3.05) is 23.4 Å². The maximum absolute atomic E-state index is 14.8. The van der Waals surface area contributed by atoms with Crippen molar-refractivity contribution in [2.45, 2.75) is 81.6 Å². The third-order valence-electron chi connectivity index (χ3n) is 11.1. The molecule has 1 spiro atoms. The number of nitrogens with one attached hydrogen (secondary N) is 2. The number of nitrogens with zero attached hydrogens (tertiary/aromatic N) is 5. The van der Waals surface area contributed by atoms with E-state index >= 15 is 0 Å². The molecule has 1 aromatic heterocycles. The highest BCUT2D eigenvalue weighted by molar-refractivity contribution is 6.71. The first-order valence-corrected chi connectivity index (χ1v) is 21.1. The van der Waals surface area contributed by atoms with Gasteiger partial charge in [0.1, 0.15) is 0 Å². The molecule has 2 fully saturated rings. The summed E-state index contributed by atoms with van der Waals surface area (Å²) in [6.45, 7) is 6.78. The van der Waals surface area contributed by atoms with Crippen LogP contribution in [0.2, 0.25) is 18.6 Å². The summed E-state index contributed by atoms with van der Waals surface area (Å²) in [5.74, 6) is -1.28. The molecule has 3 aliphatic rings. The molecule has 7 rings (SSSR count). The summed E-state index contributed by atoms with van der Waals surface area (Å²) in [5, 5.41) is 37.0. The molecule has 4 N–H and O–H groups in total. The third kappa shape index (κ3) is 6.90. The average Bonchev–Trinajstić information content (AvgIpc) is 3.94. The number of aliphatic hydroxyl groups is 1. The van der Waals surface area contributed by atoms with Crippen LogP contribution in [0.3, 0.4) is 0 Å². The zero-order valence-electron chi connectivity index (χ0n) is 30.0. The Balaban J connectivity index is 1.15. The number of nitro groups is 1. The van der Waals surface area contributed by atoms with Crippen molar-refractivity contribution in [3.05, 3.63) is 111 Å². The highest BCUT2D eigenvalue weighted by atomic mass is 28.4. The topological polar surface area (TPSA) is 185 Å². The lowest BCUT2D eigenvalue weighted by atomic mass is 9.82. The molecule has 3 aromatic carbocycles. The molecule has 0 radical (unpaired) electrons. The number of rotatable bonds is 12. The number of carbonyl (C=O) groups excluding carboxylic acids is 2. The maximum atomic E-state index is 14.8. The lowest BCUT2D eigenvalue weighted by Crippen LogP contribution is -2.46. The minimum Gasteiger partial charge on any atom is -0.432 e. The predicted octanol–water partition coefficient (Wildman–Crippen LogP) is 4.44. The molecule has 4 heterocycles. The lowest BCUT2D eigenvalue weighted by molar-refractivity contribution is -0.385. The van der Waals surface area contributed by atoms with Crippen LogP contribution in [-0.4, -0.2) is 75.2 Å². The molecule has 2 amide bonds. The molecule has 278 valence electrons. The molecule has 15 heteroatoms. The van der Waals surface area contributed by atoms with Gasteiger partial charge in [0.2, 0.25) is 5.91 Å². The van der Waals surface area contributed by atoms with E-state index in [1.54, 1.807) is 34.0 Å². The van der Waals surface area contributed by atoms with E-state index in [0.717, 1.165) is 30.5 Å². The molecule has 2 saturated heterocycles. The monoisotopic (exact) mass is 739 g/mol. The lowest BCUT2D eigenvalue weighted by Gasteiger charge is -2.32. The van der Waals surface area contributed by atoms with E-state index in [1.807, 2.05) is 62.5 Å². The number of aliphatic hydroxyl groups excluding tert-OH is 1. The standard InChI is InChI=1S/C38H45N7O7Si/c1-24-35(53(2,3)51)34(17-19-43-22-32(41-42-43)29(23-46)26-8-5-4-6-9-26)52-38(24)30-20-28(45(49)50)15-16-33(30)44(37(38)48)21-25-11-13-27(14-12-25)40-36(47)31-10-7-18-39-31/h4-6,8-9,11-16,20,22,24,29,31,34-35,39,46,51H,7,10,17-19,21,23H2,1-3H3,(H,40,47)/t24-,29?,31+,34+,35-,38+/m0/s1. The van der Waals surface area contributed by atoms with Gasteiger partial charge in [0, 0.05) is 47.6 Å². The van der Waals surface area contributed by atoms with Crippen molar-refractivity contribution in [1.29, 1.82) is 0 Å². The maximum Gasteiger partial charge on any atom is 0.269 e. The van der Waals surface area contributed by atoms with Gasteiger partial charge in [0.15, 0.2) is 13.9 Å². The van der Waals surface area contributed by atoms with Gasteiger partial charge in [-0.25, -0.2) is 0 Å². The summed E-state index contributed by atoms with van der Waals surface area (Å²) in [7, 11) is -3.00. The number of benzene rings is 3. The Labute approximate surface area is 308 Å². The van der Waals surface area contributed by atoms with E-state index in [9.17, 15) is 29.6 Å². The molecular formula is C38H45N7O7Si. The van der Waals surface area contributed by atoms with Crippen molar-refractivity contribution in [3.63, 3.8) is 0 Å². The van der Waals surface area contributed by atoms with Gasteiger partial charge in [-0.2, -0.15) is 0 Å². The fraction of sp³-hybridized carbons (Fsp3) is 0.421. The molecule has 4 aromatic rings. The number of aryl methyl sites for hydroxylation is 1. The van der Waals surface area contributed by atoms with Gasteiger partial charge in [0.25, 0.3) is 11.6 Å². The van der Waals surface area contributed by atoms with Crippen molar-refractivity contribution in [1.82, 2.24) is 20.3 Å². The number of ether oxygens (including phenoxy) is 1. The number of non-ortho nitro benzene ring substituents is 1. The van der Waals surface area contributed by atoms with Gasteiger partial charge in [-0.1, -0.05) is 54.6 Å². The number of aromatic nitrogens is 3. The van der Waals surface area contributed by atoms with Crippen LogP contribution < -0.4 is 15.5 Å². The second kappa shape index (κ2) is 14.6. The minimum absolute atomic E-state index is 0.0833.